The highest BCUT2D eigenvalue weighted by atomic mass is 19.1. The number of aromatic nitrogens is 2. The van der Waals surface area contributed by atoms with Gasteiger partial charge in [0.1, 0.15) is 11.9 Å². The zero-order valence-corrected chi connectivity index (χ0v) is 22.3. The highest BCUT2D eigenvalue weighted by Gasteiger charge is 2.36. The summed E-state index contributed by atoms with van der Waals surface area (Å²) in [5, 5.41) is 12.9. The van der Waals surface area contributed by atoms with Crippen LogP contribution in [0.5, 0.6) is 0 Å². The van der Waals surface area contributed by atoms with Crippen molar-refractivity contribution in [3.05, 3.63) is 65.8 Å². The number of carbonyl (C=O) groups excluding carboxylic acids is 3. The molecule has 2 aliphatic rings. The Bertz CT molecular complexity index is 1350. The maximum absolute atomic E-state index is 13.8. The van der Waals surface area contributed by atoms with E-state index in [0.717, 1.165) is 32.1 Å². The van der Waals surface area contributed by atoms with Gasteiger partial charge < -0.3 is 24.7 Å². The summed E-state index contributed by atoms with van der Waals surface area (Å²) >= 11 is 0. The lowest BCUT2D eigenvalue weighted by Crippen LogP contribution is -2.41. The smallest absolute Gasteiger partial charge is 0.328 e. The summed E-state index contributed by atoms with van der Waals surface area (Å²) in [5.41, 5.74) is 1.93. The number of nitrogens with zero attached hydrogens (tertiary/aromatic N) is 3. The molecule has 2 N–H and O–H groups in total. The lowest BCUT2D eigenvalue weighted by molar-refractivity contribution is -0.151. The van der Waals surface area contributed by atoms with Crippen LogP contribution in [0.1, 0.15) is 67.1 Å². The summed E-state index contributed by atoms with van der Waals surface area (Å²) in [5.74, 6) is -0.880. The average molecular weight is 550 g/mol. The fourth-order valence-electron chi connectivity index (χ4n) is 5.58. The van der Waals surface area contributed by atoms with Crippen LogP contribution >= 0.6 is 0 Å². The molecule has 1 saturated carbocycles. The van der Waals surface area contributed by atoms with Crippen LogP contribution < -0.4 is 10.6 Å². The first kappa shape index (κ1) is 27.3. The van der Waals surface area contributed by atoms with E-state index in [9.17, 15) is 18.8 Å². The van der Waals surface area contributed by atoms with E-state index in [4.69, 9.17) is 9.15 Å². The molecule has 0 spiro atoms. The molecular formula is C29H32FN5O5. The second kappa shape index (κ2) is 12.3. The number of anilines is 3. The Balaban J connectivity index is 1.09. The third kappa shape index (κ3) is 6.30. The fourth-order valence-corrected chi connectivity index (χ4v) is 5.58. The molecule has 1 saturated heterocycles. The van der Waals surface area contributed by atoms with Gasteiger partial charge in [-0.15, -0.1) is 5.10 Å². The molecule has 3 aromatic rings. The number of carbonyl (C=O) groups is 3. The number of para-hydroxylation sites is 1. The molecule has 1 aliphatic carbocycles. The molecule has 40 heavy (non-hydrogen) atoms. The first-order valence-corrected chi connectivity index (χ1v) is 13.5. The minimum absolute atomic E-state index is 0.0489. The molecule has 2 heterocycles. The average Bonchev–Trinajstić information content (AvgIpc) is 3.65. The molecule has 210 valence electrons. The van der Waals surface area contributed by atoms with Gasteiger partial charge in [-0.05, 0) is 80.2 Å². The van der Waals surface area contributed by atoms with Gasteiger partial charge in [0.2, 0.25) is 5.91 Å². The topological polar surface area (TPSA) is 127 Å². The van der Waals surface area contributed by atoms with E-state index in [1.54, 1.807) is 17.0 Å². The Labute approximate surface area is 231 Å². The van der Waals surface area contributed by atoms with Gasteiger partial charge in [0.25, 0.3) is 0 Å². The standard InChI is InChI=1S/C29H32FN5O5/c1-39-28(38)24-7-4-16-35(24)25(36)17-18-8-10-19(11-9-18)20-12-14-21(15-13-20)31-26(37)27-33-34-29(40-27)32-23-6-3-2-5-22(23)30/h2-3,5-6,12-15,18-19,24H,4,7-11,16-17H2,1H3,(H,31,37)(H,32,34)/t18?,19?,24-/m1/s1. The van der Waals surface area contributed by atoms with Gasteiger partial charge in [0.15, 0.2) is 0 Å². The van der Waals surface area contributed by atoms with Crippen LogP contribution in [0.4, 0.5) is 21.8 Å². The Morgan fingerprint density at radius 1 is 1.02 bits per heavy atom. The van der Waals surface area contributed by atoms with Crippen molar-refractivity contribution in [2.45, 2.75) is 56.9 Å². The largest absolute Gasteiger partial charge is 0.467 e. The van der Waals surface area contributed by atoms with E-state index in [-0.39, 0.29) is 29.5 Å². The van der Waals surface area contributed by atoms with Crippen LogP contribution in [-0.4, -0.2) is 52.6 Å². The number of ether oxygens (including phenoxy) is 1. The van der Waals surface area contributed by atoms with Gasteiger partial charge in [-0.2, -0.15) is 0 Å². The van der Waals surface area contributed by atoms with Crippen molar-refractivity contribution in [3.8, 4) is 0 Å². The van der Waals surface area contributed by atoms with Crippen molar-refractivity contribution in [3.63, 3.8) is 0 Å². The monoisotopic (exact) mass is 549 g/mol. The molecule has 2 fully saturated rings. The number of hydrogen-bond acceptors (Lipinski definition) is 8. The lowest BCUT2D eigenvalue weighted by Gasteiger charge is -2.30. The van der Waals surface area contributed by atoms with Crippen LogP contribution in [-0.2, 0) is 14.3 Å². The number of methoxy groups -OCH3 is 1. The number of nitrogens with one attached hydrogen (secondary N) is 2. The first-order valence-electron chi connectivity index (χ1n) is 13.5. The molecule has 0 bridgehead atoms. The number of hydrogen-bond donors (Lipinski definition) is 2. The molecule has 0 unspecified atom stereocenters. The number of likely N-dealkylation sites (tertiary alicyclic amines) is 1. The number of esters is 1. The van der Waals surface area contributed by atoms with Gasteiger partial charge in [0.05, 0.1) is 12.8 Å². The van der Waals surface area contributed by atoms with Crippen LogP contribution in [0.2, 0.25) is 0 Å². The van der Waals surface area contributed by atoms with Crippen molar-refractivity contribution >= 4 is 35.2 Å². The molecule has 10 nitrogen and oxygen atoms in total. The van der Waals surface area contributed by atoms with Gasteiger partial charge in [0, 0.05) is 18.7 Å². The maximum atomic E-state index is 13.8. The summed E-state index contributed by atoms with van der Waals surface area (Å²) in [6.07, 6.45) is 5.83. The number of halogens is 1. The van der Waals surface area contributed by atoms with Gasteiger partial charge >= 0.3 is 23.8 Å². The van der Waals surface area contributed by atoms with Crippen molar-refractivity contribution in [2.24, 2.45) is 5.92 Å². The zero-order valence-electron chi connectivity index (χ0n) is 22.3. The molecular weight excluding hydrogens is 517 g/mol. The Hall–Kier alpha value is -4.28. The van der Waals surface area contributed by atoms with Crippen LogP contribution in [0.25, 0.3) is 0 Å². The predicted octanol–water partition coefficient (Wildman–Crippen LogP) is 5.03. The normalized spacial score (nSPS) is 20.6. The second-order valence-electron chi connectivity index (χ2n) is 10.3. The van der Waals surface area contributed by atoms with Crippen LogP contribution in [0, 0.1) is 11.7 Å². The summed E-state index contributed by atoms with van der Waals surface area (Å²) in [6, 6.07) is 13.2. The van der Waals surface area contributed by atoms with E-state index in [2.05, 4.69) is 20.8 Å². The van der Waals surface area contributed by atoms with Crippen LogP contribution in [0.3, 0.4) is 0 Å². The molecule has 2 amide bonds. The maximum Gasteiger partial charge on any atom is 0.328 e. The third-order valence-electron chi connectivity index (χ3n) is 7.73. The highest BCUT2D eigenvalue weighted by molar-refractivity contribution is 6.00. The molecule has 0 radical (unpaired) electrons. The predicted molar refractivity (Wildman–Crippen MR) is 144 cm³/mol. The molecule has 1 atom stereocenters. The second-order valence-corrected chi connectivity index (χ2v) is 10.3. The van der Waals surface area contributed by atoms with Crippen molar-refractivity contribution in [1.82, 2.24) is 15.1 Å². The summed E-state index contributed by atoms with van der Waals surface area (Å²) in [7, 11) is 1.36. The minimum atomic E-state index is -0.570. The Morgan fingerprint density at radius 2 is 1.77 bits per heavy atom. The first-order chi connectivity index (χ1) is 19.4. The lowest BCUT2D eigenvalue weighted by atomic mass is 9.77. The third-order valence-corrected chi connectivity index (χ3v) is 7.73. The molecule has 2 aromatic carbocycles. The van der Waals surface area contributed by atoms with Crippen molar-refractivity contribution < 1.29 is 27.9 Å². The SMILES string of the molecule is COC(=O)[C@H]1CCCN1C(=O)CC1CCC(c2ccc(NC(=O)c3nnc(Nc4ccccc4F)o3)cc2)CC1. The van der Waals surface area contributed by atoms with E-state index in [1.165, 1.54) is 24.8 Å². The quantitative estimate of drug-likeness (QED) is 0.375. The molecule has 1 aromatic heterocycles. The van der Waals surface area contributed by atoms with Gasteiger partial charge in [-0.25, -0.2) is 9.18 Å². The summed E-state index contributed by atoms with van der Waals surface area (Å²) in [6.45, 7) is 0.620. The van der Waals surface area contributed by atoms with E-state index in [1.807, 2.05) is 24.3 Å². The van der Waals surface area contributed by atoms with E-state index < -0.39 is 17.8 Å². The van der Waals surface area contributed by atoms with Crippen molar-refractivity contribution in [1.29, 1.82) is 0 Å². The van der Waals surface area contributed by atoms with Crippen molar-refractivity contribution in [2.75, 3.05) is 24.3 Å². The summed E-state index contributed by atoms with van der Waals surface area (Å²) < 4.78 is 24.0. The molecule has 1 aliphatic heterocycles. The molecule has 5 rings (SSSR count). The van der Waals surface area contributed by atoms with Crippen LogP contribution in [0.15, 0.2) is 52.9 Å². The fraction of sp³-hybridized carbons (Fsp3) is 0.414. The zero-order chi connectivity index (χ0) is 28.1. The highest BCUT2D eigenvalue weighted by Crippen LogP contribution is 2.38. The number of amides is 2. The Morgan fingerprint density at radius 3 is 2.50 bits per heavy atom. The van der Waals surface area contributed by atoms with Gasteiger partial charge in [-0.3, -0.25) is 9.59 Å². The summed E-state index contributed by atoms with van der Waals surface area (Å²) in [4.78, 5) is 39.1. The van der Waals surface area contributed by atoms with E-state index in [0.29, 0.717) is 36.9 Å². The number of rotatable bonds is 8. The number of benzene rings is 2. The van der Waals surface area contributed by atoms with Gasteiger partial charge in [-0.1, -0.05) is 29.4 Å². The molecule has 11 heteroatoms. The Kier molecular flexibility index (Phi) is 8.37. The van der Waals surface area contributed by atoms with E-state index >= 15 is 0 Å². The minimum Gasteiger partial charge on any atom is -0.467 e.